The molecule has 2 aromatic rings. The van der Waals surface area contributed by atoms with Gasteiger partial charge in [-0.3, -0.25) is 4.79 Å². The molecular formula is C24H29N3O5S. The van der Waals surface area contributed by atoms with E-state index in [1.807, 2.05) is 25.1 Å². The van der Waals surface area contributed by atoms with Crippen molar-refractivity contribution >= 4 is 33.3 Å². The van der Waals surface area contributed by atoms with Crippen LogP contribution in [0.2, 0.25) is 0 Å². The van der Waals surface area contributed by atoms with Gasteiger partial charge in [-0.15, -0.1) is 0 Å². The van der Waals surface area contributed by atoms with Crippen LogP contribution in [0.25, 0.3) is 0 Å². The maximum atomic E-state index is 12.6. The Balaban J connectivity index is 1.36. The summed E-state index contributed by atoms with van der Waals surface area (Å²) < 4.78 is 32.7. The third-order valence-corrected chi connectivity index (χ3v) is 7.45. The molecule has 0 aromatic heterocycles. The molecule has 9 heteroatoms. The lowest BCUT2D eigenvalue weighted by molar-refractivity contribution is -0.119. The molecule has 0 bridgehead atoms. The van der Waals surface area contributed by atoms with Gasteiger partial charge in [0.2, 0.25) is 10.0 Å². The van der Waals surface area contributed by atoms with Crippen molar-refractivity contribution in [2.45, 2.75) is 50.5 Å². The van der Waals surface area contributed by atoms with E-state index in [9.17, 15) is 18.0 Å². The van der Waals surface area contributed by atoms with E-state index in [2.05, 4.69) is 14.9 Å². The molecule has 4 rings (SSSR count). The summed E-state index contributed by atoms with van der Waals surface area (Å²) in [6.45, 7) is 5.22. The van der Waals surface area contributed by atoms with E-state index in [1.54, 1.807) is 13.0 Å². The van der Waals surface area contributed by atoms with Crippen LogP contribution in [0.4, 0.5) is 11.4 Å². The first-order chi connectivity index (χ1) is 15.7. The van der Waals surface area contributed by atoms with Gasteiger partial charge in [0.1, 0.15) is 0 Å². The quantitative estimate of drug-likeness (QED) is 0.573. The highest BCUT2D eigenvalue weighted by molar-refractivity contribution is 7.89. The van der Waals surface area contributed by atoms with E-state index >= 15 is 0 Å². The molecule has 0 spiro atoms. The molecule has 176 valence electrons. The Hall–Kier alpha value is -2.91. The monoisotopic (exact) mass is 471 g/mol. The van der Waals surface area contributed by atoms with E-state index in [1.165, 1.54) is 25.0 Å². The lowest BCUT2D eigenvalue weighted by Gasteiger charge is -2.19. The average Bonchev–Trinajstić information content (AvgIpc) is 3.40. The number of nitrogens with zero attached hydrogens (tertiary/aromatic N) is 1. The number of carbonyl (C=O) groups is 2. The molecule has 1 amide bonds. The van der Waals surface area contributed by atoms with Crippen molar-refractivity contribution in [1.82, 2.24) is 4.72 Å². The second kappa shape index (κ2) is 9.52. The minimum absolute atomic E-state index is 0.00474. The van der Waals surface area contributed by atoms with Crippen molar-refractivity contribution in [3.8, 4) is 0 Å². The number of carbonyl (C=O) groups excluding carboxylic acids is 2. The fraction of sp³-hybridized carbons (Fsp3) is 0.417. The predicted molar refractivity (Wildman–Crippen MR) is 126 cm³/mol. The van der Waals surface area contributed by atoms with Gasteiger partial charge in [0.25, 0.3) is 5.91 Å². The van der Waals surface area contributed by atoms with Crippen LogP contribution < -0.4 is 14.9 Å². The lowest BCUT2D eigenvalue weighted by atomic mass is 10.1. The fourth-order valence-corrected chi connectivity index (χ4v) is 5.16. The van der Waals surface area contributed by atoms with E-state index < -0.39 is 28.5 Å². The van der Waals surface area contributed by atoms with Gasteiger partial charge in [0, 0.05) is 30.5 Å². The van der Waals surface area contributed by atoms with Gasteiger partial charge in [-0.25, -0.2) is 17.9 Å². The maximum Gasteiger partial charge on any atom is 0.338 e. The summed E-state index contributed by atoms with van der Waals surface area (Å²) in [5, 5.41) is 2.77. The van der Waals surface area contributed by atoms with Gasteiger partial charge < -0.3 is 15.0 Å². The summed E-state index contributed by atoms with van der Waals surface area (Å²) in [6.07, 6.45) is 4.01. The number of sulfonamides is 1. The number of amides is 1. The zero-order valence-corrected chi connectivity index (χ0v) is 19.7. The molecule has 0 atom stereocenters. The number of aryl methyl sites for hydroxylation is 2. The van der Waals surface area contributed by atoms with Gasteiger partial charge in [-0.1, -0.05) is 6.07 Å². The number of nitrogens with one attached hydrogen (secondary N) is 2. The van der Waals surface area contributed by atoms with Gasteiger partial charge in [-0.2, -0.15) is 0 Å². The lowest BCUT2D eigenvalue weighted by Crippen LogP contribution is -2.26. The van der Waals surface area contributed by atoms with E-state index in [0.717, 1.165) is 37.2 Å². The van der Waals surface area contributed by atoms with Crippen LogP contribution in [-0.4, -0.2) is 46.0 Å². The number of rotatable bonds is 8. The number of benzene rings is 2. The van der Waals surface area contributed by atoms with Crippen LogP contribution >= 0.6 is 0 Å². The highest BCUT2D eigenvalue weighted by atomic mass is 32.2. The van der Waals surface area contributed by atoms with Crippen LogP contribution in [0.15, 0.2) is 41.3 Å². The van der Waals surface area contributed by atoms with Crippen molar-refractivity contribution in [2.24, 2.45) is 0 Å². The highest BCUT2D eigenvalue weighted by Gasteiger charge is 2.28. The molecule has 8 nitrogen and oxygen atoms in total. The zero-order valence-electron chi connectivity index (χ0n) is 18.9. The molecular weight excluding hydrogens is 442 g/mol. The smallest absolute Gasteiger partial charge is 0.338 e. The van der Waals surface area contributed by atoms with Gasteiger partial charge in [0.05, 0.1) is 10.5 Å². The minimum atomic E-state index is -3.70. The molecule has 0 radical (unpaired) electrons. The first-order valence-corrected chi connectivity index (χ1v) is 12.7. The number of hydrogen-bond donors (Lipinski definition) is 2. The summed E-state index contributed by atoms with van der Waals surface area (Å²) in [5.74, 6) is -1.20. The second-order valence-corrected chi connectivity index (χ2v) is 10.4. The molecule has 2 aromatic carbocycles. The first-order valence-electron chi connectivity index (χ1n) is 11.2. The van der Waals surface area contributed by atoms with Crippen molar-refractivity contribution < 1.29 is 22.7 Å². The Morgan fingerprint density at radius 1 is 1.03 bits per heavy atom. The van der Waals surface area contributed by atoms with Crippen molar-refractivity contribution in [3.63, 3.8) is 0 Å². The Morgan fingerprint density at radius 3 is 2.42 bits per heavy atom. The Kier molecular flexibility index (Phi) is 6.71. The summed E-state index contributed by atoms with van der Waals surface area (Å²) >= 11 is 0. The summed E-state index contributed by atoms with van der Waals surface area (Å²) in [7, 11) is -3.70. The molecule has 1 heterocycles. The molecule has 1 aliphatic carbocycles. The van der Waals surface area contributed by atoms with Crippen molar-refractivity contribution in [2.75, 3.05) is 29.9 Å². The number of hydrogen-bond acceptors (Lipinski definition) is 6. The Bertz CT molecular complexity index is 1170. The highest BCUT2D eigenvalue weighted by Crippen LogP contribution is 2.26. The van der Waals surface area contributed by atoms with E-state index in [-0.39, 0.29) is 16.5 Å². The van der Waals surface area contributed by atoms with E-state index in [4.69, 9.17) is 4.74 Å². The SMILES string of the molecule is Cc1cc(N2CCCC2)ccc1NC(=O)COC(=O)c1cc(S(=O)(=O)NC2CC2)ccc1C. The molecule has 1 saturated carbocycles. The first kappa shape index (κ1) is 23.3. The summed E-state index contributed by atoms with van der Waals surface area (Å²) in [6, 6.07) is 10.1. The average molecular weight is 472 g/mol. The molecule has 1 saturated heterocycles. The molecule has 1 aliphatic heterocycles. The van der Waals surface area contributed by atoms with Crippen LogP contribution in [0.1, 0.15) is 47.2 Å². The van der Waals surface area contributed by atoms with Gasteiger partial charge in [-0.05, 0) is 81.0 Å². The number of ether oxygens (including phenoxy) is 1. The van der Waals surface area contributed by atoms with Crippen LogP contribution in [0.5, 0.6) is 0 Å². The molecule has 33 heavy (non-hydrogen) atoms. The van der Waals surface area contributed by atoms with Crippen LogP contribution in [0.3, 0.4) is 0 Å². The van der Waals surface area contributed by atoms with Crippen molar-refractivity contribution in [1.29, 1.82) is 0 Å². The predicted octanol–water partition coefficient (Wildman–Crippen LogP) is 3.14. The Morgan fingerprint density at radius 2 is 1.76 bits per heavy atom. The van der Waals surface area contributed by atoms with Crippen LogP contribution in [0, 0.1) is 13.8 Å². The maximum absolute atomic E-state index is 12.6. The number of esters is 1. The third kappa shape index (κ3) is 5.72. The van der Waals surface area contributed by atoms with Gasteiger partial charge in [0.15, 0.2) is 6.61 Å². The second-order valence-electron chi connectivity index (χ2n) is 8.69. The molecule has 0 unspecified atom stereocenters. The topological polar surface area (TPSA) is 105 Å². The fourth-order valence-electron chi connectivity index (χ4n) is 3.83. The summed E-state index contributed by atoms with van der Waals surface area (Å²) in [4.78, 5) is 27.3. The Labute approximate surface area is 194 Å². The number of anilines is 2. The minimum Gasteiger partial charge on any atom is -0.452 e. The van der Waals surface area contributed by atoms with Gasteiger partial charge >= 0.3 is 5.97 Å². The normalized spacial score (nSPS) is 16.0. The molecule has 2 fully saturated rings. The van der Waals surface area contributed by atoms with E-state index in [0.29, 0.717) is 11.3 Å². The molecule has 2 N–H and O–H groups in total. The zero-order chi connectivity index (χ0) is 23.6. The summed E-state index contributed by atoms with van der Waals surface area (Å²) in [5.41, 5.74) is 3.41. The van der Waals surface area contributed by atoms with Crippen molar-refractivity contribution in [3.05, 3.63) is 53.1 Å². The van der Waals surface area contributed by atoms with Crippen LogP contribution in [-0.2, 0) is 19.6 Å². The third-order valence-electron chi connectivity index (χ3n) is 5.93. The standard InChI is InChI=1S/C24H29N3O5S/c1-16-5-9-20(33(30,31)26-18-6-7-18)14-21(16)24(29)32-15-23(28)25-22-10-8-19(13-17(22)2)27-11-3-4-12-27/h5,8-10,13-14,18,26H,3-4,6-7,11-12,15H2,1-2H3,(H,25,28). The largest absolute Gasteiger partial charge is 0.452 e. The molecule has 2 aliphatic rings.